The van der Waals surface area contributed by atoms with Crippen molar-refractivity contribution in [1.29, 1.82) is 0 Å². The second-order valence-corrected chi connectivity index (χ2v) is 7.16. The lowest BCUT2D eigenvalue weighted by atomic mass is 10.0. The van der Waals surface area contributed by atoms with Gasteiger partial charge in [0.25, 0.3) is 0 Å². The number of carbonyl (C=O) groups is 1. The first-order valence-corrected chi connectivity index (χ1v) is 8.06. The molecular weight excluding hydrogens is 288 g/mol. The molecule has 1 aromatic carbocycles. The van der Waals surface area contributed by atoms with E-state index in [2.05, 4.69) is 0 Å². The number of hydrogen-bond acceptors (Lipinski definition) is 4. The van der Waals surface area contributed by atoms with Gasteiger partial charge in [-0.3, -0.25) is 9.69 Å². The van der Waals surface area contributed by atoms with Gasteiger partial charge in [-0.05, 0) is 25.1 Å². The number of Topliss-reactive ketones (excluding diaryl/α,β-unsaturated/α-hetero) is 1. The lowest BCUT2D eigenvalue weighted by Gasteiger charge is -2.31. The molecular formula is C13H15F2NO3S. The SMILES string of the molecule is CC(C(=O)c1ccc(F)c(F)c1)N1CCS(=O)(=O)CC1. The van der Waals surface area contributed by atoms with Crippen molar-refractivity contribution < 1.29 is 22.0 Å². The molecule has 0 aromatic heterocycles. The van der Waals surface area contributed by atoms with Crippen molar-refractivity contribution in [2.24, 2.45) is 0 Å². The number of nitrogens with zero attached hydrogens (tertiary/aromatic N) is 1. The number of ketones is 1. The van der Waals surface area contributed by atoms with Crippen LogP contribution in [0.2, 0.25) is 0 Å². The molecule has 0 spiro atoms. The smallest absolute Gasteiger partial charge is 0.179 e. The predicted molar refractivity (Wildman–Crippen MR) is 70.4 cm³/mol. The van der Waals surface area contributed by atoms with E-state index in [4.69, 9.17) is 0 Å². The van der Waals surface area contributed by atoms with Gasteiger partial charge in [0.15, 0.2) is 27.3 Å². The first-order chi connectivity index (χ1) is 9.30. The Kier molecular flexibility index (Phi) is 4.19. The van der Waals surface area contributed by atoms with Gasteiger partial charge in [-0.25, -0.2) is 17.2 Å². The molecule has 0 radical (unpaired) electrons. The highest BCUT2D eigenvalue weighted by atomic mass is 32.2. The van der Waals surface area contributed by atoms with Gasteiger partial charge in [0, 0.05) is 18.7 Å². The maximum absolute atomic E-state index is 13.1. The molecule has 20 heavy (non-hydrogen) atoms. The molecule has 1 saturated heterocycles. The summed E-state index contributed by atoms with van der Waals surface area (Å²) in [6, 6.07) is 2.46. The Labute approximate surface area is 116 Å². The second kappa shape index (κ2) is 5.57. The normalized spacial score (nSPS) is 20.6. The topological polar surface area (TPSA) is 54.5 Å². The van der Waals surface area contributed by atoms with Crippen molar-refractivity contribution in [3.05, 3.63) is 35.4 Å². The second-order valence-electron chi connectivity index (χ2n) is 4.86. The van der Waals surface area contributed by atoms with Crippen molar-refractivity contribution in [2.45, 2.75) is 13.0 Å². The van der Waals surface area contributed by atoms with Gasteiger partial charge in [0.05, 0.1) is 17.5 Å². The summed E-state index contributed by atoms with van der Waals surface area (Å²) >= 11 is 0. The first-order valence-electron chi connectivity index (χ1n) is 6.24. The highest BCUT2D eigenvalue weighted by Gasteiger charge is 2.29. The minimum absolute atomic E-state index is 0.0163. The Bertz CT molecular complexity index is 617. The van der Waals surface area contributed by atoms with Crippen LogP contribution < -0.4 is 0 Å². The lowest BCUT2D eigenvalue weighted by Crippen LogP contribution is -2.48. The van der Waals surface area contributed by atoms with Gasteiger partial charge in [-0.15, -0.1) is 0 Å². The fraction of sp³-hybridized carbons (Fsp3) is 0.462. The molecule has 0 N–H and O–H groups in total. The van der Waals surface area contributed by atoms with Gasteiger partial charge >= 0.3 is 0 Å². The molecule has 1 atom stereocenters. The summed E-state index contributed by atoms with van der Waals surface area (Å²) in [6.45, 7) is 2.19. The van der Waals surface area contributed by atoms with Crippen LogP contribution in [0.25, 0.3) is 0 Å². The van der Waals surface area contributed by atoms with Gasteiger partial charge in [-0.1, -0.05) is 0 Å². The third kappa shape index (κ3) is 3.21. The van der Waals surface area contributed by atoms with E-state index in [9.17, 15) is 22.0 Å². The average molecular weight is 303 g/mol. The number of halogens is 2. The minimum Gasteiger partial charge on any atom is -0.292 e. The zero-order valence-electron chi connectivity index (χ0n) is 11.0. The van der Waals surface area contributed by atoms with Crippen molar-refractivity contribution in [2.75, 3.05) is 24.6 Å². The zero-order chi connectivity index (χ0) is 14.9. The molecule has 7 heteroatoms. The molecule has 0 saturated carbocycles. The third-order valence-corrected chi connectivity index (χ3v) is 5.12. The van der Waals surface area contributed by atoms with Crippen LogP contribution in [0.1, 0.15) is 17.3 Å². The molecule has 1 unspecified atom stereocenters. The van der Waals surface area contributed by atoms with Crippen molar-refractivity contribution >= 4 is 15.6 Å². The van der Waals surface area contributed by atoms with Crippen LogP contribution in [0.3, 0.4) is 0 Å². The molecule has 1 aliphatic heterocycles. The summed E-state index contributed by atoms with van der Waals surface area (Å²) in [5.74, 6) is -2.38. The Morgan fingerprint density at radius 1 is 1.20 bits per heavy atom. The zero-order valence-corrected chi connectivity index (χ0v) is 11.8. The number of benzene rings is 1. The molecule has 110 valence electrons. The Hall–Kier alpha value is -1.34. The highest BCUT2D eigenvalue weighted by molar-refractivity contribution is 7.91. The number of rotatable bonds is 3. The van der Waals surface area contributed by atoms with Gasteiger partial charge in [0.1, 0.15) is 0 Å². The molecule has 0 amide bonds. The number of hydrogen-bond donors (Lipinski definition) is 0. The van der Waals surface area contributed by atoms with E-state index in [0.29, 0.717) is 0 Å². The lowest BCUT2D eigenvalue weighted by molar-refractivity contribution is 0.0848. The van der Waals surface area contributed by atoms with Crippen LogP contribution >= 0.6 is 0 Å². The van der Waals surface area contributed by atoms with E-state index in [1.807, 2.05) is 0 Å². The molecule has 1 aromatic rings. The summed E-state index contributed by atoms with van der Waals surface area (Å²) in [5, 5.41) is 0. The van der Waals surface area contributed by atoms with E-state index in [1.54, 1.807) is 11.8 Å². The fourth-order valence-corrected chi connectivity index (χ4v) is 3.40. The van der Waals surface area contributed by atoms with Crippen molar-refractivity contribution in [3.8, 4) is 0 Å². The summed E-state index contributed by atoms with van der Waals surface area (Å²) in [5.41, 5.74) is 0.0878. The molecule has 2 rings (SSSR count). The Morgan fingerprint density at radius 3 is 2.35 bits per heavy atom. The predicted octanol–water partition coefficient (Wildman–Crippen LogP) is 1.27. The fourth-order valence-electron chi connectivity index (χ4n) is 2.17. The molecule has 0 bridgehead atoms. The van der Waals surface area contributed by atoms with E-state index < -0.39 is 27.5 Å². The standard InChI is InChI=1S/C13H15F2NO3S/c1-9(16-4-6-20(18,19)7-5-16)13(17)10-2-3-11(14)12(15)8-10/h2-3,8-9H,4-7H2,1H3. The average Bonchev–Trinajstić information content (AvgIpc) is 2.40. The molecule has 1 aliphatic rings. The van der Waals surface area contributed by atoms with Crippen LogP contribution in [0.15, 0.2) is 18.2 Å². The highest BCUT2D eigenvalue weighted by Crippen LogP contribution is 2.15. The van der Waals surface area contributed by atoms with Gasteiger partial charge < -0.3 is 0 Å². The summed E-state index contributed by atoms with van der Waals surface area (Å²) < 4.78 is 48.6. The summed E-state index contributed by atoms with van der Waals surface area (Å²) in [6.07, 6.45) is 0. The molecule has 4 nitrogen and oxygen atoms in total. The van der Waals surface area contributed by atoms with E-state index in [-0.39, 0.29) is 35.9 Å². The quantitative estimate of drug-likeness (QED) is 0.789. The van der Waals surface area contributed by atoms with Crippen molar-refractivity contribution in [3.63, 3.8) is 0 Å². The van der Waals surface area contributed by atoms with Gasteiger partial charge in [-0.2, -0.15) is 0 Å². The summed E-state index contributed by atoms with van der Waals surface area (Å²) in [7, 11) is -3.01. The third-order valence-electron chi connectivity index (χ3n) is 3.51. The van der Waals surface area contributed by atoms with Crippen LogP contribution in [0, 0.1) is 11.6 Å². The Morgan fingerprint density at radius 2 is 1.80 bits per heavy atom. The molecule has 0 aliphatic carbocycles. The van der Waals surface area contributed by atoms with Crippen molar-refractivity contribution in [1.82, 2.24) is 4.90 Å². The van der Waals surface area contributed by atoms with E-state index in [0.717, 1.165) is 12.1 Å². The monoisotopic (exact) mass is 303 g/mol. The first kappa shape index (κ1) is 15.1. The maximum atomic E-state index is 13.1. The Balaban J connectivity index is 2.11. The minimum atomic E-state index is -3.01. The van der Waals surface area contributed by atoms with Crippen LogP contribution in [-0.4, -0.2) is 49.7 Å². The molecule has 1 fully saturated rings. The van der Waals surface area contributed by atoms with Gasteiger partial charge in [0.2, 0.25) is 0 Å². The number of sulfone groups is 1. The van der Waals surface area contributed by atoms with Crippen LogP contribution in [0.4, 0.5) is 8.78 Å². The number of carbonyl (C=O) groups excluding carboxylic acids is 1. The molecule has 1 heterocycles. The van der Waals surface area contributed by atoms with E-state index >= 15 is 0 Å². The maximum Gasteiger partial charge on any atom is 0.179 e. The van der Waals surface area contributed by atoms with Crippen LogP contribution in [0.5, 0.6) is 0 Å². The van der Waals surface area contributed by atoms with E-state index in [1.165, 1.54) is 6.07 Å². The largest absolute Gasteiger partial charge is 0.292 e. The summed E-state index contributed by atoms with van der Waals surface area (Å²) in [4.78, 5) is 13.9. The van der Waals surface area contributed by atoms with Crippen LogP contribution in [-0.2, 0) is 9.84 Å².